The third kappa shape index (κ3) is 6.67. The van der Waals surface area contributed by atoms with Crippen LogP contribution in [0.25, 0.3) is 0 Å². The summed E-state index contributed by atoms with van der Waals surface area (Å²) < 4.78 is 37.6. The number of halogens is 1. The predicted molar refractivity (Wildman–Crippen MR) is 119 cm³/mol. The molecular weight excluding hydrogens is 440 g/mol. The Bertz CT molecular complexity index is 958. The highest BCUT2D eigenvalue weighted by Crippen LogP contribution is 2.18. The van der Waals surface area contributed by atoms with Gasteiger partial charge in [0.1, 0.15) is 12.4 Å². The number of rotatable bonds is 9. The number of hydrogen-bond acceptors (Lipinski definition) is 5. The van der Waals surface area contributed by atoms with Crippen LogP contribution in [0.2, 0.25) is 5.02 Å². The minimum atomic E-state index is -3.50. The van der Waals surface area contributed by atoms with E-state index in [1.165, 1.54) is 4.31 Å². The molecule has 0 saturated carbocycles. The molecule has 1 aliphatic heterocycles. The molecule has 3 rings (SSSR count). The Kier molecular flexibility index (Phi) is 8.31. The summed E-state index contributed by atoms with van der Waals surface area (Å²) in [4.78, 5) is 14.3. The van der Waals surface area contributed by atoms with Crippen LogP contribution in [-0.4, -0.2) is 70.0 Å². The van der Waals surface area contributed by atoms with Crippen LogP contribution in [0.5, 0.6) is 5.75 Å². The van der Waals surface area contributed by atoms with Gasteiger partial charge in [-0.2, -0.15) is 4.31 Å². The first-order valence-corrected chi connectivity index (χ1v) is 12.0. The van der Waals surface area contributed by atoms with Gasteiger partial charge in [0.2, 0.25) is 15.9 Å². The quantitative estimate of drug-likeness (QED) is 0.568. The number of carbonyl (C=O) groups is 1. The van der Waals surface area contributed by atoms with Crippen LogP contribution >= 0.6 is 11.6 Å². The number of amides is 1. The highest BCUT2D eigenvalue weighted by Gasteiger charge is 2.26. The van der Waals surface area contributed by atoms with Gasteiger partial charge in [-0.05, 0) is 48.4 Å². The minimum absolute atomic E-state index is 0.00437. The summed E-state index contributed by atoms with van der Waals surface area (Å²) in [5.74, 6) is 0.710. The molecule has 7 nitrogen and oxygen atoms in total. The lowest BCUT2D eigenvalue weighted by Crippen LogP contribution is -2.40. The Hall–Kier alpha value is -2.13. The number of benzene rings is 2. The monoisotopic (exact) mass is 466 g/mol. The standard InChI is InChI=1S/C22H27ClN2O5S/c1-24(12-17-30-20-7-5-19(23)6-8-20)22(26)11-4-18-2-9-21(10-3-18)31(27,28)25-13-15-29-16-14-25/h2-3,5-10H,4,11-17H2,1H3. The zero-order valence-corrected chi connectivity index (χ0v) is 19.1. The van der Waals surface area contributed by atoms with Gasteiger partial charge in [-0.25, -0.2) is 8.42 Å². The van der Waals surface area contributed by atoms with Crippen molar-refractivity contribution in [2.45, 2.75) is 17.7 Å². The number of sulfonamides is 1. The highest BCUT2D eigenvalue weighted by molar-refractivity contribution is 7.89. The average Bonchev–Trinajstić information content (AvgIpc) is 2.79. The molecule has 1 amide bonds. The highest BCUT2D eigenvalue weighted by atomic mass is 35.5. The lowest BCUT2D eigenvalue weighted by atomic mass is 10.1. The van der Waals surface area contributed by atoms with Crippen LogP contribution in [0.1, 0.15) is 12.0 Å². The Labute approximate surface area is 188 Å². The topological polar surface area (TPSA) is 76.2 Å². The molecule has 0 spiro atoms. The van der Waals surface area contributed by atoms with E-state index >= 15 is 0 Å². The Morgan fingerprint density at radius 2 is 1.74 bits per heavy atom. The van der Waals surface area contributed by atoms with Crippen molar-refractivity contribution in [3.05, 3.63) is 59.1 Å². The van der Waals surface area contributed by atoms with Crippen molar-refractivity contribution in [3.8, 4) is 5.75 Å². The van der Waals surface area contributed by atoms with Crippen molar-refractivity contribution >= 4 is 27.5 Å². The molecule has 0 bridgehead atoms. The van der Waals surface area contributed by atoms with E-state index < -0.39 is 10.0 Å². The number of aryl methyl sites for hydroxylation is 1. The Morgan fingerprint density at radius 1 is 1.10 bits per heavy atom. The van der Waals surface area contributed by atoms with Crippen molar-refractivity contribution in [2.75, 3.05) is 46.5 Å². The van der Waals surface area contributed by atoms with Crippen LogP contribution in [-0.2, 0) is 26.0 Å². The summed E-state index contributed by atoms with van der Waals surface area (Å²) in [5, 5.41) is 0.645. The van der Waals surface area contributed by atoms with Gasteiger partial charge in [-0.15, -0.1) is 0 Å². The van der Waals surface area contributed by atoms with Gasteiger partial charge in [0.15, 0.2) is 0 Å². The van der Waals surface area contributed by atoms with E-state index in [4.69, 9.17) is 21.1 Å². The lowest BCUT2D eigenvalue weighted by molar-refractivity contribution is -0.130. The second-order valence-corrected chi connectivity index (χ2v) is 9.65. The predicted octanol–water partition coefficient (Wildman–Crippen LogP) is 2.83. The first-order valence-electron chi connectivity index (χ1n) is 10.2. The molecule has 1 heterocycles. The third-order valence-electron chi connectivity index (χ3n) is 5.09. The Morgan fingerprint density at radius 3 is 2.39 bits per heavy atom. The molecule has 2 aromatic carbocycles. The second kappa shape index (κ2) is 10.9. The molecule has 0 atom stereocenters. The maximum absolute atomic E-state index is 12.7. The molecule has 2 aromatic rings. The van der Waals surface area contributed by atoms with Gasteiger partial charge < -0.3 is 14.4 Å². The van der Waals surface area contributed by atoms with E-state index in [0.717, 1.165) is 5.56 Å². The van der Waals surface area contributed by atoms with E-state index in [1.807, 2.05) is 0 Å². The summed E-state index contributed by atoms with van der Waals surface area (Å²) in [7, 11) is -1.76. The van der Waals surface area contributed by atoms with Crippen molar-refractivity contribution in [3.63, 3.8) is 0 Å². The summed E-state index contributed by atoms with van der Waals surface area (Å²) in [6, 6.07) is 13.8. The summed E-state index contributed by atoms with van der Waals surface area (Å²) in [5.41, 5.74) is 0.917. The minimum Gasteiger partial charge on any atom is -0.492 e. The van der Waals surface area contributed by atoms with Crippen molar-refractivity contribution < 1.29 is 22.7 Å². The van der Waals surface area contributed by atoms with Crippen molar-refractivity contribution in [1.29, 1.82) is 0 Å². The molecule has 31 heavy (non-hydrogen) atoms. The van der Waals surface area contributed by atoms with Crippen molar-refractivity contribution in [1.82, 2.24) is 9.21 Å². The van der Waals surface area contributed by atoms with Gasteiger partial charge >= 0.3 is 0 Å². The molecule has 1 fully saturated rings. The summed E-state index contributed by atoms with van der Waals surface area (Å²) in [6.45, 7) is 2.42. The lowest BCUT2D eigenvalue weighted by Gasteiger charge is -2.26. The number of carbonyl (C=O) groups excluding carboxylic acids is 1. The fraction of sp³-hybridized carbons (Fsp3) is 0.409. The molecule has 1 aliphatic rings. The van der Waals surface area contributed by atoms with Crippen LogP contribution in [0.15, 0.2) is 53.4 Å². The summed E-state index contributed by atoms with van der Waals surface area (Å²) >= 11 is 5.84. The second-order valence-electron chi connectivity index (χ2n) is 7.28. The maximum Gasteiger partial charge on any atom is 0.243 e. The van der Waals surface area contributed by atoms with Crippen LogP contribution in [0, 0.1) is 0 Å². The zero-order chi connectivity index (χ0) is 22.3. The number of ether oxygens (including phenoxy) is 2. The largest absolute Gasteiger partial charge is 0.492 e. The molecule has 0 aromatic heterocycles. The smallest absolute Gasteiger partial charge is 0.243 e. The van der Waals surface area contributed by atoms with Gasteiger partial charge in [0, 0.05) is 31.6 Å². The van der Waals surface area contributed by atoms with Gasteiger partial charge in [-0.1, -0.05) is 23.7 Å². The molecule has 0 radical (unpaired) electrons. The average molecular weight is 467 g/mol. The molecule has 168 valence electrons. The number of morpholine rings is 1. The zero-order valence-electron chi connectivity index (χ0n) is 17.5. The van der Waals surface area contributed by atoms with Crippen LogP contribution < -0.4 is 4.74 Å². The Balaban J connectivity index is 1.44. The SMILES string of the molecule is CN(CCOc1ccc(Cl)cc1)C(=O)CCc1ccc(S(=O)(=O)N2CCOCC2)cc1. The van der Waals surface area contributed by atoms with Gasteiger partial charge in [0.05, 0.1) is 24.7 Å². The number of hydrogen-bond donors (Lipinski definition) is 0. The maximum atomic E-state index is 12.7. The molecule has 0 aliphatic carbocycles. The van der Waals surface area contributed by atoms with Crippen LogP contribution in [0.3, 0.4) is 0 Å². The molecule has 0 unspecified atom stereocenters. The molecule has 9 heteroatoms. The van der Waals surface area contributed by atoms with Gasteiger partial charge in [0.25, 0.3) is 0 Å². The normalized spacial score (nSPS) is 14.9. The summed E-state index contributed by atoms with van der Waals surface area (Å²) in [6.07, 6.45) is 0.881. The third-order valence-corrected chi connectivity index (χ3v) is 7.26. The van der Waals surface area contributed by atoms with Gasteiger partial charge in [-0.3, -0.25) is 4.79 Å². The molecular formula is C22H27ClN2O5S. The first kappa shape index (κ1) is 23.5. The first-order chi connectivity index (χ1) is 14.9. The van der Waals surface area contributed by atoms with E-state index in [2.05, 4.69) is 0 Å². The number of nitrogens with zero attached hydrogens (tertiary/aromatic N) is 2. The molecule has 0 N–H and O–H groups in total. The van der Waals surface area contributed by atoms with E-state index in [9.17, 15) is 13.2 Å². The fourth-order valence-electron chi connectivity index (χ4n) is 3.16. The number of likely N-dealkylation sites (N-methyl/N-ethyl adjacent to an activating group) is 1. The van der Waals surface area contributed by atoms with E-state index in [1.54, 1.807) is 60.5 Å². The molecule has 1 saturated heterocycles. The van der Waals surface area contributed by atoms with Crippen LogP contribution in [0.4, 0.5) is 0 Å². The van der Waals surface area contributed by atoms with E-state index in [0.29, 0.717) is 63.1 Å². The van der Waals surface area contributed by atoms with E-state index in [-0.39, 0.29) is 10.8 Å². The fourth-order valence-corrected chi connectivity index (χ4v) is 4.70. The van der Waals surface area contributed by atoms with Crippen molar-refractivity contribution in [2.24, 2.45) is 0 Å².